The van der Waals surface area contributed by atoms with E-state index in [0.29, 0.717) is 6.54 Å². The molecule has 1 unspecified atom stereocenters. The quantitative estimate of drug-likeness (QED) is 0.833. The van der Waals surface area contributed by atoms with Gasteiger partial charge in [-0.05, 0) is 38.0 Å². The van der Waals surface area contributed by atoms with E-state index in [1.54, 1.807) is 0 Å². The number of hydrogen-bond donors (Lipinski definition) is 1. The Morgan fingerprint density at radius 1 is 1.32 bits per heavy atom. The summed E-state index contributed by atoms with van der Waals surface area (Å²) in [5.74, 6) is 0.144. The number of nitrogens with one attached hydrogen (secondary N) is 1. The van der Waals surface area contributed by atoms with Crippen LogP contribution in [-0.2, 0) is 4.79 Å². The van der Waals surface area contributed by atoms with Crippen LogP contribution in [-0.4, -0.2) is 30.4 Å². The number of likely N-dealkylation sites (N-methyl/N-ethyl adjacent to an activating group) is 1. The van der Waals surface area contributed by atoms with Crippen LogP contribution in [0.25, 0.3) is 0 Å². The number of hydrogen-bond acceptors (Lipinski definition) is 2. The summed E-state index contributed by atoms with van der Waals surface area (Å²) in [7, 11) is 0. The average Bonchev–Trinajstić information content (AvgIpc) is 2.41. The molecule has 0 saturated heterocycles. The molecule has 1 aromatic rings. The molecule has 0 aliphatic heterocycles. The van der Waals surface area contributed by atoms with Crippen molar-refractivity contribution >= 4 is 17.5 Å². The zero-order chi connectivity index (χ0) is 14.3. The molecule has 0 spiro atoms. The van der Waals surface area contributed by atoms with Crippen LogP contribution in [0.15, 0.2) is 24.3 Å². The number of rotatable bonds is 7. The van der Waals surface area contributed by atoms with E-state index in [1.165, 1.54) is 0 Å². The fourth-order valence-electron chi connectivity index (χ4n) is 2.12. The molecule has 4 heteroatoms. The fourth-order valence-corrected chi connectivity index (χ4v) is 2.32. The third kappa shape index (κ3) is 4.84. The molecule has 0 aromatic heterocycles. The molecule has 1 amide bonds. The smallest absolute Gasteiger partial charge is 0.236 e. The van der Waals surface area contributed by atoms with E-state index in [1.807, 2.05) is 43.0 Å². The topological polar surface area (TPSA) is 32.3 Å². The van der Waals surface area contributed by atoms with Gasteiger partial charge in [-0.15, -0.1) is 0 Å². The van der Waals surface area contributed by atoms with Crippen molar-refractivity contribution in [2.24, 2.45) is 0 Å². The van der Waals surface area contributed by atoms with Crippen LogP contribution in [0.3, 0.4) is 0 Å². The van der Waals surface area contributed by atoms with Gasteiger partial charge < -0.3 is 10.2 Å². The second-order valence-corrected chi connectivity index (χ2v) is 4.90. The first-order valence-corrected chi connectivity index (χ1v) is 7.26. The Labute approximate surface area is 120 Å². The fraction of sp³-hybridized carbons (Fsp3) is 0.533. The summed E-state index contributed by atoms with van der Waals surface area (Å²) >= 11 is 6.00. The minimum absolute atomic E-state index is 0.144. The third-order valence-corrected chi connectivity index (χ3v) is 3.51. The van der Waals surface area contributed by atoms with Crippen molar-refractivity contribution in [1.29, 1.82) is 0 Å². The van der Waals surface area contributed by atoms with E-state index in [2.05, 4.69) is 12.2 Å². The average molecular weight is 283 g/mol. The number of amides is 1. The van der Waals surface area contributed by atoms with Gasteiger partial charge in [-0.3, -0.25) is 4.79 Å². The minimum atomic E-state index is 0.144. The predicted octanol–water partition coefficient (Wildman–Crippen LogP) is 3.25. The van der Waals surface area contributed by atoms with Gasteiger partial charge in [0, 0.05) is 24.2 Å². The molecule has 1 rings (SSSR count). The Bertz CT molecular complexity index is 405. The first kappa shape index (κ1) is 16.0. The predicted molar refractivity (Wildman–Crippen MR) is 80.4 cm³/mol. The van der Waals surface area contributed by atoms with Crippen LogP contribution in [0.4, 0.5) is 0 Å². The Morgan fingerprint density at radius 2 is 2.00 bits per heavy atom. The summed E-state index contributed by atoms with van der Waals surface area (Å²) in [6, 6.07) is 7.95. The molecule has 1 atom stereocenters. The third-order valence-electron chi connectivity index (χ3n) is 3.28. The van der Waals surface area contributed by atoms with Crippen LogP contribution in [0, 0.1) is 0 Å². The van der Waals surface area contributed by atoms with Crippen molar-refractivity contribution in [2.75, 3.05) is 19.6 Å². The van der Waals surface area contributed by atoms with Crippen LogP contribution < -0.4 is 5.32 Å². The number of carbonyl (C=O) groups excluding carboxylic acids is 1. The zero-order valence-electron chi connectivity index (χ0n) is 11.9. The van der Waals surface area contributed by atoms with Crippen molar-refractivity contribution in [3.8, 4) is 0 Å². The summed E-state index contributed by atoms with van der Waals surface area (Å²) in [5, 5.41) is 4.04. The maximum absolute atomic E-state index is 12.0. The van der Waals surface area contributed by atoms with Crippen molar-refractivity contribution in [3.63, 3.8) is 0 Å². The number of halogens is 1. The molecule has 3 nitrogen and oxygen atoms in total. The number of carbonyl (C=O) groups is 1. The first-order chi connectivity index (χ1) is 9.12. The molecule has 0 aliphatic rings. The van der Waals surface area contributed by atoms with Crippen molar-refractivity contribution in [3.05, 3.63) is 34.9 Å². The minimum Gasteiger partial charge on any atom is -0.342 e. The summed E-state index contributed by atoms with van der Waals surface area (Å²) in [4.78, 5) is 13.8. The maximum atomic E-state index is 12.0. The Balaban J connectivity index is 2.61. The summed E-state index contributed by atoms with van der Waals surface area (Å²) in [5.41, 5.74) is 1.13. The second kappa shape index (κ2) is 8.18. The zero-order valence-corrected chi connectivity index (χ0v) is 12.7. The van der Waals surface area contributed by atoms with Gasteiger partial charge in [0.25, 0.3) is 0 Å². The van der Waals surface area contributed by atoms with Crippen LogP contribution in [0.5, 0.6) is 0 Å². The van der Waals surface area contributed by atoms with Crippen molar-refractivity contribution in [1.82, 2.24) is 10.2 Å². The highest BCUT2D eigenvalue weighted by molar-refractivity contribution is 6.30. The highest BCUT2D eigenvalue weighted by Gasteiger charge is 2.13. The van der Waals surface area contributed by atoms with Crippen molar-refractivity contribution in [2.45, 2.75) is 33.2 Å². The number of benzene rings is 1. The van der Waals surface area contributed by atoms with Crippen LogP contribution >= 0.6 is 11.6 Å². The highest BCUT2D eigenvalue weighted by Crippen LogP contribution is 2.20. The Kier molecular flexibility index (Phi) is 6.89. The van der Waals surface area contributed by atoms with Crippen LogP contribution in [0.2, 0.25) is 5.02 Å². The first-order valence-electron chi connectivity index (χ1n) is 6.88. The van der Waals surface area contributed by atoms with E-state index < -0.39 is 0 Å². The summed E-state index contributed by atoms with van der Waals surface area (Å²) in [6.07, 6.45) is 0.922. The molecule has 0 heterocycles. The molecule has 0 saturated carbocycles. The molecular weight excluding hydrogens is 260 g/mol. The Hall–Kier alpha value is -1.06. The standard InChI is InChI=1S/C15H23ClN2O/c1-4-14(12-8-7-9-13(16)10-12)17-11-15(19)18(5-2)6-3/h7-10,14,17H,4-6,11H2,1-3H3. The second-order valence-electron chi connectivity index (χ2n) is 4.46. The normalized spacial score (nSPS) is 12.2. The maximum Gasteiger partial charge on any atom is 0.236 e. The molecule has 19 heavy (non-hydrogen) atoms. The molecule has 0 bridgehead atoms. The Morgan fingerprint density at radius 3 is 2.53 bits per heavy atom. The molecule has 0 radical (unpaired) electrons. The van der Waals surface area contributed by atoms with E-state index in [-0.39, 0.29) is 11.9 Å². The van der Waals surface area contributed by atoms with E-state index in [9.17, 15) is 4.79 Å². The van der Waals surface area contributed by atoms with Gasteiger partial charge in [-0.25, -0.2) is 0 Å². The van der Waals surface area contributed by atoms with Crippen molar-refractivity contribution < 1.29 is 4.79 Å². The molecule has 106 valence electrons. The lowest BCUT2D eigenvalue weighted by atomic mass is 10.0. The largest absolute Gasteiger partial charge is 0.342 e. The van der Waals surface area contributed by atoms with E-state index in [4.69, 9.17) is 11.6 Å². The molecule has 1 aromatic carbocycles. The van der Waals surface area contributed by atoms with Gasteiger partial charge in [-0.2, -0.15) is 0 Å². The molecule has 1 N–H and O–H groups in total. The number of nitrogens with zero attached hydrogens (tertiary/aromatic N) is 1. The molecule has 0 fully saturated rings. The SMILES string of the molecule is CCC(NCC(=O)N(CC)CC)c1cccc(Cl)c1. The van der Waals surface area contributed by atoms with E-state index in [0.717, 1.165) is 30.1 Å². The summed E-state index contributed by atoms with van der Waals surface area (Å²) < 4.78 is 0. The van der Waals surface area contributed by atoms with Gasteiger partial charge in [0.2, 0.25) is 5.91 Å². The lowest BCUT2D eigenvalue weighted by molar-refractivity contribution is -0.130. The highest BCUT2D eigenvalue weighted by atomic mass is 35.5. The molecule has 0 aliphatic carbocycles. The summed E-state index contributed by atoms with van der Waals surface area (Å²) in [6.45, 7) is 7.97. The van der Waals surface area contributed by atoms with Gasteiger partial charge in [-0.1, -0.05) is 30.7 Å². The van der Waals surface area contributed by atoms with Gasteiger partial charge in [0.15, 0.2) is 0 Å². The monoisotopic (exact) mass is 282 g/mol. The molecular formula is C15H23ClN2O. The van der Waals surface area contributed by atoms with E-state index >= 15 is 0 Å². The van der Waals surface area contributed by atoms with Gasteiger partial charge in [0.1, 0.15) is 0 Å². The lowest BCUT2D eigenvalue weighted by Gasteiger charge is -2.22. The van der Waals surface area contributed by atoms with Gasteiger partial charge >= 0.3 is 0 Å². The van der Waals surface area contributed by atoms with Gasteiger partial charge in [0.05, 0.1) is 6.54 Å². The van der Waals surface area contributed by atoms with Crippen LogP contribution in [0.1, 0.15) is 38.8 Å². The lowest BCUT2D eigenvalue weighted by Crippen LogP contribution is -2.39.